The van der Waals surface area contributed by atoms with Gasteiger partial charge in [-0.3, -0.25) is 4.79 Å². The lowest BCUT2D eigenvalue weighted by Gasteiger charge is -2.48. The Morgan fingerprint density at radius 3 is 1.59 bits per heavy atom. The van der Waals surface area contributed by atoms with Gasteiger partial charge in [0, 0.05) is 6.42 Å². The number of unbranched alkanes of at least 4 members (excludes halogenated alkanes) is 7. The van der Waals surface area contributed by atoms with Crippen LogP contribution < -0.4 is 5.32 Å². The number of carbonyl (C=O) groups is 1. The lowest BCUT2D eigenvalue weighted by molar-refractivity contribution is -0.379. The molecule has 0 saturated carbocycles. The van der Waals surface area contributed by atoms with E-state index < -0.39 is 124 Å². The summed E-state index contributed by atoms with van der Waals surface area (Å²) in [6.07, 6.45) is -3.39. The van der Waals surface area contributed by atoms with Gasteiger partial charge in [0.25, 0.3) is 0 Å². The summed E-state index contributed by atoms with van der Waals surface area (Å²) in [5, 5.41) is 118. The largest absolute Gasteiger partial charge is 0.394 e. The van der Waals surface area contributed by atoms with Crippen LogP contribution in [-0.2, 0) is 33.2 Å². The van der Waals surface area contributed by atoms with E-state index in [4.69, 9.17) is 28.4 Å². The number of nitrogens with one attached hydrogen (secondary N) is 1. The lowest BCUT2D eigenvalue weighted by Crippen LogP contribution is -2.66. The molecule has 19 heteroatoms. The highest BCUT2D eigenvalue weighted by atomic mass is 16.8. The Kier molecular flexibility index (Phi) is 25.1. The van der Waals surface area contributed by atoms with E-state index in [1.165, 1.54) is 38.2 Å². The van der Waals surface area contributed by atoms with E-state index in [-0.39, 0.29) is 18.9 Å². The van der Waals surface area contributed by atoms with Crippen molar-refractivity contribution in [3.63, 3.8) is 0 Å². The first-order valence-electron chi connectivity index (χ1n) is 21.7. The maximum atomic E-state index is 12.5. The molecular formula is C42H73NO18. The molecule has 0 bridgehead atoms. The summed E-state index contributed by atoms with van der Waals surface area (Å²) in [6.45, 7) is 1.22. The second-order valence-corrected chi connectivity index (χ2v) is 15.8. The summed E-state index contributed by atoms with van der Waals surface area (Å²) < 4.78 is 33.7. The van der Waals surface area contributed by atoms with E-state index in [1.807, 2.05) is 6.92 Å². The van der Waals surface area contributed by atoms with Crippen molar-refractivity contribution < 1.29 is 89.4 Å². The minimum Gasteiger partial charge on any atom is -0.394 e. The summed E-state index contributed by atoms with van der Waals surface area (Å²) in [5.74, 6) is -0.348. The molecule has 0 aliphatic carbocycles. The predicted octanol–water partition coefficient (Wildman–Crippen LogP) is -1.31. The van der Waals surface area contributed by atoms with Gasteiger partial charge < -0.3 is 89.9 Å². The predicted molar refractivity (Wildman–Crippen MR) is 217 cm³/mol. The van der Waals surface area contributed by atoms with E-state index in [1.54, 1.807) is 6.08 Å². The monoisotopic (exact) mass is 879 g/mol. The zero-order chi connectivity index (χ0) is 44.9. The minimum atomic E-state index is -1.98. The third kappa shape index (κ3) is 16.5. The molecule has 17 atom stereocenters. The molecule has 3 rings (SSSR count). The highest BCUT2D eigenvalue weighted by Crippen LogP contribution is 2.32. The molecule has 3 saturated heterocycles. The van der Waals surface area contributed by atoms with Crippen LogP contribution in [0.5, 0.6) is 0 Å². The molecule has 354 valence electrons. The van der Waals surface area contributed by atoms with Crippen LogP contribution in [0.2, 0.25) is 0 Å². The fourth-order valence-electron chi connectivity index (χ4n) is 7.20. The quantitative estimate of drug-likeness (QED) is 0.0337. The van der Waals surface area contributed by atoms with Gasteiger partial charge in [-0.15, -0.1) is 0 Å². The maximum absolute atomic E-state index is 12.5. The highest BCUT2D eigenvalue weighted by Gasteiger charge is 2.53. The average Bonchev–Trinajstić information content (AvgIpc) is 3.25. The van der Waals surface area contributed by atoms with Crippen LogP contribution >= 0.6 is 0 Å². The molecule has 0 radical (unpaired) electrons. The van der Waals surface area contributed by atoms with Gasteiger partial charge in [0.15, 0.2) is 18.9 Å². The molecule has 61 heavy (non-hydrogen) atoms. The lowest BCUT2D eigenvalue weighted by atomic mass is 9.96. The van der Waals surface area contributed by atoms with Crippen molar-refractivity contribution in [1.82, 2.24) is 5.32 Å². The molecule has 3 fully saturated rings. The number of rotatable bonds is 27. The number of aliphatic hydroxyl groups excluding tert-OH is 11. The molecule has 17 unspecified atom stereocenters. The number of ether oxygens (including phenoxy) is 6. The summed E-state index contributed by atoms with van der Waals surface area (Å²) in [4.78, 5) is 12.5. The Bertz CT molecular complexity index is 1290. The topological polar surface area (TPSA) is 307 Å². The standard InChI is InChI=1S/C42H73NO18/c1-3-5-6-7-8-9-10-11-12-13-14-15-16-17-18-20-26(47)25(43-30(48)19-4-2)24-56-40-36(54)33(51)38(28(22-45)58-40)61-42-37(55)34(52)39(29(23-46)59-42)60-41-35(53)32(50)31(49)27(21-44)57-41/h10-11,14-15,18,20,25-29,31-42,44-47,49-55H,3-9,12-13,16-17,19,21-24H2,1-2H3,(H,43,48)/b11-10+,15-14+,20-18+. The number of allylic oxidation sites excluding steroid dienone is 5. The Hall–Kier alpha value is -1.99. The molecule has 3 aliphatic heterocycles. The third-order valence-electron chi connectivity index (χ3n) is 10.9. The molecule has 0 aromatic heterocycles. The third-order valence-corrected chi connectivity index (χ3v) is 10.9. The maximum Gasteiger partial charge on any atom is 0.220 e. The Labute approximate surface area is 358 Å². The van der Waals surface area contributed by atoms with E-state index in [0.29, 0.717) is 12.8 Å². The van der Waals surface area contributed by atoms with Crippen molar-refractivity contribution in [3.8, 4) is 0 Å². The van der Waals surface area contributed by atoms with Gasteiger partial charge in [0.2, 0.25) is 5.91 Å². The molecule has 12 N–H and O–H groups in total. The van der Waals surface area contributed by atoms with Gasteiger partial charge >= 0.3 is 0 Å². The second kappa shape index (κ2) is 28.7. The summed E-state index contributed by atoms with van der Waals surface area (Å²) in [6, 6.07) is -0.986. The van der Waals surface area contributed by atoms with E-state index in [2.05, 4.69) is 36.5 Å². The van der Waals surface area contributed by atoms with Crippen LogP contribution in [0.3, 0.4) is 0 Å². The minimum absolute atomic E-state index is 0.181. The van der Waals surface area contributed by atoms with Crippen molar-refractivity contribution in [3.05, 3.63) is 36.5 Å². The van der Waals surface area contributed by atoms with Crippen molar-refractivity contribution >= 4 is 5.91 Å². The Balaban J connectivity index is 1.54. The van der Waals surface area contributed by atoms with Crippen LogP contribution in [0.25, 0.3) is 0 Å². The van der Waals surface area contributed by atoms with Crippen LogP contribution in [0.15, 0.2) is 36.5 Å². The zero-order valence-corrected chi connectivity index (χ0v) is 35.4. The molecule has 19 nitrogen and oxygen atoms in total. The van der Waals surface area contributed by atoms with Crippen molar-refractivity contribution in [2.45, 2.75) is 195 Å². The van der Waals surface area contributed by atoms with E-state index in [0.717, 1.165) is 25.7 Å². The van der Waals surface area contributed by atoms with Gasteiger partial charge in [-0.05, 0) is 44.9 Å². The highest BCUT2D eigenvalue weighted by molar-refractivity contribution is 5.76. The number of hydrogen-bond donors (Lipinski definition) is 12. The zero-order valence-electron chi connectivity index (χ0n) is 35.4. The number of aliphatic hydroxyl groups is 11. The molecule has 1 amide bonds. The normalized spacial score (nSPS) is 35.9. The van der Waals surface area contributed by atoms with E-state index >= 15 is 0 Å². The van der Waals surface area contributed by atoms with Crippen molar-refractivity contribution in [1.29, 1.82) is 0 Å². The molecule has 0 aromatic rings. The summed E-state index contributed by atoms with van der Waals surface area (Å²) in [5.41, 5.74) is 0. The Morgan fingerprint density at radius 1 is 0.574 bits per heavy atom. The number of hydrogen-bond acceptors (Lipinski definition) is 18. The first-order chi connectivity index (χ1) is 29.3. The van der Waals surface area contributed by atoms with Gasteiger partial charge in [0.05, 0.1) is 38.6 Å². The van der Waals surface area contributed by atoms with Gasteiger partial charge in [-0.1, -0.05) is 76.0 Å². The van der Waals surface area contributed by atoms with Crippen LogP contribution in [0, 0.1) is 0 Å². The van der Waals surface area contributed by atoms with E-state index in [9.17, 15) is 61.0 Å². The van der Waals surface area contributed by atoms with Crippen LogP contribution in [0.4, 0.5) is 0 Å². The molecule has 0 spiro atoms. The first-order valence-corrected chi connectivity index (χ1v) is 21.7. The average molecular weight is 880 g/mol. The second-order valence-electron chi connectivity index (χ2n) is 15.8. The van der Waals surface area contributed by atoms with Gasteiger partial charge in [0.1, 0.15) is 73.2 Å². The van der Waals surface area contributed by atoms with Crippen LogP contribution in [0.1, 0.15) is 90.9 Å². The van der Waals surface area contributed by atoms with Crippen molar-refractivity contribution in [2.24, 2.45) is 0 Å². The summed E-state index contributed by atoms with van der Waals surface area (Å²) in [7, 11) is 0. The summed E-state index contributed by atoms with van der Waals surface area (Å²) >= 11 is 0. The van der Waals surface area contributed by atoms with Crippen molar-refractivity contribution in [2.75, 3.05) is 26.4 Å². The molecule has 3 heterocycles. The fraction of sp³-hybridized carbons (Fsp3) is 0.833. The number of carbonyl (C=O) groups excluding carboxylic acids is 1. The van der Waals surface area contributed by atoms with Crippen LogP contribution in [-0.4, -0.2) is 193 Å². The molecular weight excluding hydrogens is 806 g/mol. The molecule has 3 aliphatic rings. The molecule has 0 aromatic carbocycles. The fourth-order valence-corrected chi connectivity index (χ4v) is 7.20. The SMILES string of the molecule is CCCCCCC/C=C/CC/C=C/CC/C=C/C(O)C(COC1OC(CO)C(OC2OC(CO)C(OC3OC(CO)C(O)C(O)C3O)C(O)C2O)C(O)C1O)NC(=O)CCC. The van der Waals surface area contributed by atoms with Gasteiger partial charge in [-0.2, -0.15) is 0 Å². The van der Waals surface area contributed by atoms with Gasteiger partial charge in [-0.25, -0.2) is 0 Å². The smallest absolute Gasteiger partial charge is 0.220 e. The number of amides is 1. The Morgan fingerprint density at radius 2 is 1.05 bits per heavy atom. The first kappa shape index (κ1) is 53.3.